The summed E-state index contributed by atoms with van der Waals surface area (Å²) in [5.41, 5.74) is 5.38. The van der Waals surface area contributed by atoms with E-state index >= 15 is 0 Å². The number of thioether (sulfide) groups is 1. The molecule has 132 valence electrons. The predicted octanol–water partition coefficient (Wildman–Crippen LogP) is -1.67. The van der Waals surface area contributed by atoms with Gasteiger partial charge in [-0.1, -0.05) is 0 Å². The lowest BCUT2D eigenvalue weighted by Gasteiger charge is -2.20. The largest absolute Gasteiger partial charge is 0.394 e. The van der Waals surface area contributed by atoms with E-state index < -0.39 is 11.6 Å². The highest BCUT2D eigenvalue weighted by molar-refractivity contribution is 7.99. The fourth-order valence-corrected chi connectivity index (χ4v) is 2.97. The number of nitrogens with one attached hydrogen (secondary N) is 3. The summed E-state index contributed by atoms with van der Waals surface area (Å²) in [5, 5.41) is 17.4. The Labute approximate surface area is 140 Å². The van der Waals surface area contributed by atoms with E-state index in [9.17, 15) is 19.5 Å². The number of hydrogen-bond donors (Lipinski definition) is 5. The number of carbonyl (C=O) groups excluding carboxylic acids is 3. The standard InChI is InChI=1S/C14H26N4O4S/c1-9(20)16-5-11(17-10(2)21)6-23-7-12(15)13(22)18-14(8-19)3-4-14/h11-12,19H,3-8,15H2,1-2H3,(H,16,20)(H,17,21)(H,18,22). The molecule has 2 atom stereocenters. The van der Waals surface area contributed by atoms with E-state index in [1.54, 1.807) is 0 Å². The van der Waals surface area contributed by atoms with E-state index in [4.69, 9.17) is 5.73 Å². The third kappa shape index (κ3) is 7.67. The van der Waals surface area contributed by atoms with Crippen molar-refractivity contribution in [3.63, 3.8) is 0 Å². The third-order valence-corrected chi connectivity index (χ3v) is 4.74. The SMILES string of the molecule is CC(=O)NCC(CSCC(N)C(=O)NC1(CO)CC1)NC(C)=O. The number of rotatable bonds is 10. The smallest absolute Gasteiger partial charge is 0.238 e. The highest BCUT2D eigenvalue weighted by Crippen LogP contribution is 2.34. The Kier molecular flexibility index (Phi) is 7.80. The van der Waals surface area contributed by atoms with Crippen molar-refractivity contribution in [1.29, 1.82) is 0 Å². The molecule has 0 aromatic rings. The first-order valence-corrected chi connectivity index (χ1v) is 8.71. The van der Waals surface area contributed by atoms with Gasteiger partial charge in [0.1, 0.15) is 0 Å². The molecule has 8 nitrogen and oxygen atoms in total. The van der Waals surface area contributed by atoms with Crippen LogP contribution in [0.15, 0.2) is 0 Å². The van der Waals surface area contributed by atoms with E-state index in [1.807, 2.05) is 0 Å². The van der Waals surface area contributed by atoms with Crippen molar-refractivity contribution in [2.75, 3.05) is 24.7 Å². The average Bonchev–Trinajstić information content (AvgIpc) is 3.24. The topological polar surface area (TPSA) is 134 Å². The van der Waals surface area contributed by atoms with Crippen LogP contribution in [0.3, 0.4) is 0 Å². The second kappa shape index (κ2) is 9.09. The molecule has 0 aromatic heterocycles. The number of amides is 3. The molecule has 0 aromatic carbocycles. The van der Waals surface area contributed by atoms with Gasteiger partial charge >= 0.3 is 0 Å². The molecule has 1 aliphatic carbocycles. The highest BCUT2D eigenvalue weighted by Gasteiger charge is 2.44. The highest BCUT2D eigenvalue weighted by atomic mass is 32.2. The van der Waals surface area contributed by atoms with Gasteiger partial charge in [-0.2, -0.15) is 11.8 Å². The van der Waals surface area contributed by atoms with Crippen LogP contribution in [-0.2, 0) is 14.4 Å². The first-order chi connectivity index (χ1) is 10.8. The van der Waals surface area contributed by atoms with Crippen LogP contribution in [0, 0.1) is 0 Å². The number of nitrogens with two attached hydrogens (primary N) is 1. The summed E-state index contributed by atoms with van der Waals surface area (Å²) in [5.74, 6) is 0.305. The van der Waals surface area contributed by atoms with Gasteiger partial charge < -0.3 is 26.8 Å². The van der Waals surface area contributed by atoms with Crippen molar-refractivity contribution in [1.82, 2.24) is 16.0 Å². The average molecular weight is 346 g/mol. The molecule has 0 saturated heterocycles. The Morgan fingerprint density at radius 2 is 1.87 bits per heavy atom. The first kappa shape index (κ1) is 19.7. The van der Waals surface area contributed by atoms with E-state index in [0.29, 0.717) is 18.1 Å². The molecule has 0 bridgehead atoms. The number of hydrogen-bond acceptors (Lipinski definition) is 6. The van der Waals surface area contributed by atoms with Crippen molar-refractivity contribution >= 4 is 29.5 Å². The maximum atomic E-state index is 11.9. The second-order valence-electron chi connectivity index (χ2n) is 5.91. The summed E-state index contributed by atoms with van der Waals surface area (Å²) in [7, 11) is 0. The molecule has 23 heavy (non-hydrogen) atoms. The van der Waals surface area contributed by atoms with E-state index in [-0.39, 0.29) is 30.4 Å². The molecule has 0 heterocycles. The predicted molar refractivity (Wildman–Crippen MR) is 88.8 cm³/mol. The van der Waals surface area contributed by atoms with E-state index in [2.05, 4.69) is 16.0 Å². The summed E-state index contributed by atoms with van der Waals surface area (Å²) in [4.78, 5) is 34.0. The van der Waals surface area contributed by atoms with Crippen LogP contribution in [-0.4, -0.2) is 65.1 Å². The van der Waals surface area contributed by atoms with Crippen molar-refractivity contribution in [3.05, 3.63) is 0 Å². The van der Waals surface area contributed by atoms with Gasteiger partial charge in [-0.25, -0.2) is 0 Å². The number of carbonyl (C=O) groups is 3. The zero-order chi connectivity index (χ0) is 17.5. The van der Waals surface area contributed by atoms with Gasteiger partial charge in [0.05, 0.1) is 24.2 Å². The Morgan fingerprint density at radius 3 is 2.35 bits per heavy atom. The molecule has 1 saturated carbocycles. The van der Waals surface area contributed by atoms with Gasteiger partial charge in [0.2, 0.25) is 17.7 Å². The lowest BCUT2D eigenvalue weighted by molar-refractivity contribution is -0.123. The van der Waals surface area contributed by atoms with E-state index in [1.165, 1.54) is 25.6 Å². The molecule has 0 radical (unpaired) electrons. The van der Waals surface area contributed by atoms with Gasteiger partial charge in [0.15, 0.2) is 0 Å². The maximum Gasteiger partial charge on any atom is 0.238 e. The van der Waals surface area contributed by atoms with Crippen molar-refractivity contribution < 1.29 is 19.5 Å². The van der Waals surface area contributed by atoms with Gasteiger partial charge in [-0.15, -0.1) is 0 Å². The summed E-state index contributed by atoms with van der Waals surface area (Å²) >= 11 is 1.43. The molecule has 0 spiro atoms. The van der Waals surface area contributed by atoms with Gasteiger partial charge in [0, 0.05) is 31.9 Å². The molecule has 1 rings (SSSR count). The molecule has 1 aliphatic rings. The van der Waals surface area contributed by atoms with Crippen LogP contribution in [0.4, 0.5) is 0 Å². The van der Waals surface area contributed by atoms with Crippen LogP contribution in [0.1, 0.15) is 26.7 Å². The Hall–Kier alpha value is -1.32. The zero-order valence-corrected chi connectivity index (χ0v) is 14.4. The monoisotopic (exact) mass is 346 g/mol. The Bertz CT molecular complexity index is 442. The van der Waals surface area contributed by atoms with Crippen molar-refractivity contribution in [3.8, 4) is 0 Å². The van der Waals surface area contributed by atoms with Crippen LogP contribution >= 0.6 is 11.8 Å². The van der Waals surface area contributed by atoms with Gasteiger partial charge in [-0.05, 0) is 12.8 Å². The van der Waals surface area contributed by atoms with Crippen LogP contribution < -0.4 is 21.7 Å². The molecule has 2 unspecified atom stereocenters. The maximum absolute atomic E-state index is 11.9. The quantitative estimate of drug-likeness (QED) is 0.321. The summed E-state index contributed by atoms with van der Waals surface area (Å²) in [6.45, 7) is 3.08. The van der Waals surface area contributed by atoms with Crippen LogP contribution in [0.25, 0.3) is 0 Å². The number of aliphatic hydroxyl groups is 1. The van der Waals surface area contributed by atoms with Crippen molar-refractivity contribution in [2.24, 2.45) is 5.73 Å². The molecule has 3 amide bonds. The minimum Gasteiger partial charge on any atom is -0.394 e. The zero-order valence-electron chi connectivity index (χ0n) is 13.6. The minimum atomic E-state index is -0.678. The minimum absolute atomic E-state index is 0.0695. The summed E-state index contributed by atoms with van der Waals surface area (Å²) in [6, 6.07) is -0.897. The molecule has 1 fully saturated rings. The normalized spacial score (nSPS) is 17.7. The molecule has 0 aliphatic heterocycles. The fourth-order valence-electron chi connectivity index (χ4n) is 1.95. The summed E-state index contributed by atoms with van der Waals surface area (Å²) < 4.78 is 0. The third-order valence-electron chi connectivity index (χ3n) is 3.50. The summed E-state index contributed by atoms with van der Waals surface area (Å²) in [6.07, 6.45) is 1.55. The first-order valence-electron chi connectivity index (χ1n) is 7.56. The van der Waals surface area contributed by atoms with Crippen LogP contribution in [0.5, 0.6) is 0 Å². The molecule has 6 N–H and O–H groups in total. The van der Waals surface area contributed by atoms with Crippen molar-refractivity contribution in [2.45, 2.75) is 44.3 Å². The van der Waals surface area contributed by atoms with Gasteiger partial charge in [0.25, 0.3) is 0 Å². The van der Waals surface area contributed by atoms with E-state index in [0.717, 1.165) is 12.8 Å². The number of aliphatic hydroxyl groups excluding tert-OH is 1. The second-order valence-corrected chi connectivity index (χ2v) is 6.98. The molecular weight excluding hydrogens is 320 g/mol. The fraction of sp³-hybridized carbons (Fsp3) is 0.786. The van der Waals surface area contributed by atoms with Gasteiger partial charge in [-0.3, -0.25) is 14.4 Å². The Morgan fingerprint density at radius 1 is 1.22 bits per heavy atom. The van der Waals surface area contributed by atoms with Crippen LogP contribution in [0.2, 0.25) is 0 Å². The lowest BCUT2D eigenvalue weighted by atomic mass is 10.2. The lowest BCUT2D eigenvalue weighted by Crippen LogP contribution is -2.49. The molecule has 9 heteroatoms. The Balaban J connectivity index is 2.31. The molecular formula is C14H26N4O4S.